The van der Waals surface area contributed by atoms with Crippen LogP contribution < -0.4 is 0 Å². The highest BCUT2D eigenvalue weighted by molar-refractivity contribution is 4.99. The molecule has 0 bridgehead atoms. The first-order valence-corrected chi connectivity index (χ1v) is 8.57. The maximum Gasteiger partial charge on any atom is 0.252 e. The third-order valence-corrected chi connectivity index (χ3v) is 5.39. The maximum atomic E-state index is 6.01. The molecule has 1 aromatic rings. The second-order valence-corrected chi connectivity index (χ2v) is 6.88. The van der Waals surface area contributed by atoms with E-state index in [-0.39, 0.29) is 5.60 Å². The molecule has 6 heteroatoms. The highest BCUT2D eigenvalue weighted by atomic mass is 16.5. The first kappa shape index (κ1) is 14.6. The van der Waals surface area contributed by atoms with E-state index in [1.165, 1.54) is 25.7 Å². The summed E-state index contributed by atoms with van der Waals surface area (Å²) in [6.07, 6.45) is 7.33. The molecule has 4 rings (SSSR count). The molecule has 6 nitrogen and oxygen atoms in total. The molecule has 3 fully saturated rings. The molecule has 0 aromatic carbocycles. The number of rotatable bonds is 5. The summed E-state index contributed by atoms with van der Waals surface area (Å²) in [5.41, 5.74) is 0.231. The Morgan fingerprint density at radius 3 is 2.91 bits per heavy atom. The van der Waals surface area contributed by atoms with Gasteiger partial charge in [-0.2, -0.15) is 4.98 Å². The summed E-state index contributed by atoms with van der Waals surface area (Å²) in [6, 6.07) is 0.684. The highest BCUT2D eigenvalue weighted by Gasteiger charge is 2.45. The maximum absolute atomic E-state index is 6.01. The van der Waals surface area contributed by atoms with E-state index >= 15 is 0 Å². The van der Waals surface area contributed by atoms with Crippen molar-refractivity contribution in [3.63, 3.8) is 0 Å². The molecule has 1 aromatic heterocycles. The Morgan fingerprint density at radius 1 is 1.36 bits per heavy atom. The SMILES string of the molecule is CCc1noc(COC2CN(C3CCOC4(CCC4)C3)C2)n1. The fourth-order valence-corrected chi connectivity index (χ4v) is 3.79. The summed E-state index contributed by atoms with van der Waals surface area (Å²) in [5, 5.41) is 3.89. The molecule has 2 aliphatic heterocycles. The van der Waals surface area contributed by atoms with Gasteiger partial charge in [0.25, 0.3) is 5.89 Å². The summed E-state index contributed by atoms with van der Waals surface area (Å²) in [5.74, 6) is 1.34. The zero-order chi connectivity index (χ0) is 15.0. The number of hydrogen-bond donors (Lipinski definition) is 0. The lowest BCUT2D eigenvalue weighted by atomic mass is 9.73. The largest absolute Gasteiger partial charge is 0.375 e. The second kappa shape index (κ2) is 5.91. The van der Waals surface area contributed by atoms with E-state index in [0.29, 0.717) is 24.6 Å². The van der Waals surface area contributed by atoms with Crippen molar-refractivity contribution in [1.82, 2.24) is 15.0 Å². The van der Waals surface area contributed by atoms with Gasteiger partial charge >= 0.3 is 0 Å². The Bertz CT molecular complexity index is 508. The van der Waals surface area contributed by atoms with E-state index < -0.39 is 0 Å². The quantitative estimate of drug-likeness (QED) is 0.828. The lowest BCUT2D eigenvalue weighted by molar-refractivity contribution is -0.169. The van der Waals surface area contributed by atoms with Crippen molar-refractivity contribution in [3.05, 3.63) is 11.7 Å². The van der Waals surface area contributed by atoms with E-state index in [1.54, 1.807) is 0 Å². The first-order valence-electron chi connectivity index (χ1n) is 8.57. The van der Waals surface area contributed by atoms with Gasteiger partial charge in [0.1, 0.15) is 6.61 Å². The minimum atomic E-state index is 0.231. The molecule has 1 spiro atoms. The van der Waals surface area contributed by atoms with Crippen molar-refractivity contribution < 1.29 is 14.0 Å². The van der Waals surface area contributed by atoms with Crippen LogP contribution in [-0.2, 0) is 22.5 Å². The van der Waals surface area contributed by atoms with Crippen LogP contribution in [0, 0.1) is 0 Å². The molecule has 122 valence electrons. The second-order valence-electron chi connectivity index (χ2n) is 6.88. The Morgan fingerprint density at radius 2 is 2.23 bits per heavy atom. The van der Waals surface area contributed by atoms with Crippen LogP contribution in [-0.4, -0.2) is 52.5 Å². The fraction of sp³-hybridized carbons (Fsp3) is 0.875. The van der Waals surface area contributed by atoms with Gasteiger partial charge < -0.3 is 14.0 Å². The Labute approximate surface area is 131 Å². The predicted octanol–water partition coefficient (Wildman–Crippen LogP) is 1.93. The number of ether oxygens (including phenoxy) is 2. The minimum absolute atomic E-state index is 0.231. The van der Waals surface area contributed by atoms with Crippen molar-refractivity contribution in [2.45, 2.75) is 69.8 Å². The molecule has 1 saturated carbocycles. The van der Waals surface area contributed by atoms with E-state index in [9.17, 15) is 0 Å². The zero-order valence-electron chi connectivity index (χ0n) is 13.3. The van der Waals surface area contributed by atoms with E-state index in [1.807, 2.05) is 6.92 Å². The molecule has 1 unspecified atom stereocenters. The van der Waals surface area contributed by atoms with Crippen LogP contribution in [0.15, 0.2) is 4.52 Å². The molecule has 0 amide bonds. The Balaban J connectivity index is 1.21. The van der Waals surface area contributed by atoms with Gasteiger partial charge in [0.05, 0.1) is 11.7 Å². The number of nitrogens with zero attached hydrogens (tertiary/aromatic N) is 3. The first-order chi connectivity index (χ1) is 10.8. The Hall–Kier alpha value is -0.980. The van der Waals surface area contributed by atoms with Crippen LogP contribution in [0.5, 0.6) is 0 Å². The van der Waals surface area contributed by atoms with Crippen LogP contribution in [0.1, 0.15) is 50.7 Å². The van der Waals surface area contributed by atoms with E-state index in [0.717, 1.165) is 38.4 Å². The van der Waals surface area contributed by atoms with Crippen molar-refractivity contribution in [3.8, 4) is 0 Å². The van der Waals surface area contributed by atoms with Gasteiger partial charge in [0.15, 0.2) is 5.82 Å². The van der Waals surface area contributed by atoms with Crippen LogP contribution in [0.2, 0.25) is 0 Å². The van der Waals surface area contributed by atoms with Crippen molar-refractivity contribution in [1.29, 1.82) is 0 Å². The zero-order valence-corrected chi connectivity index (χ0v) is 13.3. The summed E-state index contributed by atoms with van der Waals surface area (Å²) >= 11 is 0. The van der Waals surface area contributed by atoms with Crippen molar-refractivity contribution >= 4 is 0 Å². The van der Waals surface area contributed by atoms with Gasteiger partial charge in [-0.15, -0.1) is 0 Å². The molecule has 2 saturated heterocycles. The van der Waals surface area contributed by atoms with Crippen LogP contribution in [0.3, 0.4) is 0 Å². The molecule has 1 aliphatic carbocycles. The third kappa shape index (κ3) is 2.79. The average Bonchev–Trinajstić information content (AvgIpc) is 2.92. The van der Waals surface area contributed by atoms with Crippen LogP contribution >= 0.6 is 0 Å². The smallest absolute Gasteiger partial charge is 0.252 e. The minimum Gasteiger partial charge on any atom is -0.375 e. The van der Waals surface area contributed by atoms with Gasteiger partial charge in [0, 0.05) is 32.2 Å². The monoisotopic (exact) mass is 307 g/mol. The number of aryl methyl sites for hydroxylation is 1. The van der Waals surface area contributed by atoms with Gasteiger partial charge in [-0.05, 0) is 32.1 Å². The van der Waals surface area contributed by atoms with E-state index in [2.05, 4.69) is 15.0 Å². The van der Waals surface area contributed by atoms with Gasteiger partial charge in [-0.25, -0.2) is 0 Å². The Kier molecular flexibility index (Phi) is 3.92. The fourth-order valence-electron chi connectivity index (χ4n) is 3.79. The summed E-state index contributed by atoms with van der Waals surface area (Å²) in [4.78, 5) is 6.83. The summed E-state index contributed by atoms with van der Waals surface area (Å²) in [6.45, 7) is 5.42. The van der Waals surface area contributed by atoms with Crippen molar-refractivity contribution in [2.24, 2.45) is 0 Å². The van der Waals surface area contributed by atoms with Gasteiger partial charge in [-0.1, -0.05) is 12.1 Å². The average molecular weight is 307 g/mol. The molecule has 0 N–H and O–H groups in total. The van der Waals surface area contributed by atoms with Crippen LogP contribution in [0.4, 0.5) is 0 Å². The normalized spacial score (nSPS) is 28.5. The third-order valence-electron chi connectivity index (χ3n) is 5.39. The number of hydrogen-bond acceptors (Lipinski definition) is 6. The molecule has 3 heterocycles. The summed E-state index contributed by atoms with van der Waals surface area (Å²) < 4.78 is 17.0. The highest BCUT2D eigenvalue weighted by Crippen LogP contribution is 2.44. The lowest BCUT2D eigenvalue weighted by Gasteiger charge is -2.52. The van der Waals surface area contributed by atoms with E-state index in [4.69, 9.17) is 14.0 Å². The topological polar surface area (TPSA) is 60.6 Å². The molecular weight excluding hydrogens is 282 g/mol. The molecule has 0 radical (unpaired) electrons. The summed E-state index contributed by atoms with van der Waals surface area (Å²) in [7, 11) is 0. The lowest BCUT2D eigenvalue weighted by Crippen LogP contribution is -2.60. The standard InChI is InChI=1S/C16H25N3O3/c1-2-14-17-15(22-18-14)11-20-13-9-19(10-13)12-4-7-21-16(8-12)5-3-6-16/h12-13H,2-11H2,1H3. The van der Waals surface area contributed by atoms with Crippen LogP contribution in [0.25, 0.3) is 0 Å². The van der Waals surface area contributed by atoms with Crippen molar-refractivity contribution in [2.75, 3.05) is 19.7 Å². The predicted molar refractivity (Wildman–Crippen MR) is 79.4 cm³/mol. The molecule has 3 aliphatic rings. The van der Waals surface area contributed by atoms with Gasteiger partial charge in [0.2, 0.25) is 0 Å². The molecule has 1 atom stereocenters. The molecular formula is C16H25N3O3. The van der Waals surface area contributed by atoms with Gasteiger partial charge in [-0.3, -0.25) is 4.90 Å². The molecule has 22 heavy (non-hydrogen) atoms. The number of aromatic nitrogens is 2. The number of likely N-dealkylation sites (tertiary alicyclic amines) is 1.